The second-order valence-corrected chi connectivity index (χ2v) is 5.74. The molecule has 0 amide bonds. The zero-order chi connectivity index (χ0) is 11.5. The number of aromatic nitrogens is 1. The number of benzene rings is 1. The molecule has 1 aliphatic heterocycles. The second kappa shape index (κ2) is 5.15. The van der Waals surface area contributed by atoms with Crippen LogP contribution in [0.3, 0.4) is 0 Å². The third-order valence-corrected chi connectivity index (χ3v) is 4.46. The summed E-state index contributed by atoms with van der Waals surface area (Å²) < 4.78 is 0. The molecule has 1 aromatic carbocycles. The van der Waals surface area contributed by atoms with Gasteiger partial charge in [0.1, 0.15) is 0 Å². The fraction of sp³-hybridized carbons (Fsp3) is 0.429. The van der Waals surface area contributed by atoms with E-state index in [0.717, 1.165) is 0 Å². The van der Waals surface area contributed by atoms with E-state index in [4.69, 9.17) is 0 Å². The first kappa shape index (κ1) is 11.2. The average molecular weight is 246 g/mol. The number of thioether (sulfide) groups is 1. The predicted octanol–water partition coefficient (Wildman–Crippen LogP) is 3.40. The van der Waals surface area contributed by atoms with Crippen LogP contribution in [-0.4, -0.2) is 23.3 Å². The molecule has 0 aliphatic carbocycles. The van der Waals surface area contributed by atoms with Gasteiger partial charge < -0.3 is 10.3 Å². The number of aromatic amines is 1. The molecule has 90 valence electrons. The fourth-order valence-electron chi connectivity index (χ4n) is 2.38. The van der Waals surface area contributed by atoms with Crippen LogP contribution in [0.25, 0.3) is 10.9 Å². The molecule has 1 fully saturated rings. The number of H-pyrrole nitrogens is 1. The molecule has 0 bridgehead atoms. The highest BCUT2D eigenvalue weighted by Gasteiger charge is 2.12. The number of para-hydroxylation sites is 1. The van der Waals surface area contributed by atoms with Crippen LogP contribution < -0.4 is 5.32 Å². The highest BCUT2D eigenvalue weighted by Crippen LogP contribution is 2.24. The van der Waals surface area contributed by atoms with Gasteiger partial charge in [0, 0.05) is 22.7 Å². The molecule has 1 aliphatic rings. The van der Waals surface area contributed by atoms with Crippen LogP contribution in [0, 0.1) is 0 Å². The quantitative estimate of drug-likeness (QED) is 0.812. The maximum absolute atomic E-state index is 3.59. The van der Waals surface area contributed by atoms with E-state index in [9.17, 15) is 0 Å². The molecule has 2 heterocycles. The molecule has 1 atom stereocenters. The molecule has 2 nitrogen and oxygen atoms in total. The zero-order valence-corrected chi connectivity index (χ0v) is 10.7. The Morgan fingerprint density at radius 1 is 1.24 bits per heavy atom. The molecule has 1 unspecified atom stereocenters. The second-order valence-electron chi connectivity index (χ2n) is 4.68. The van der Waals surface area contributed by atoms with Gasteiger partial charge >= 0.3 is 0 Å². The van der Waals surface area contributed by atoms with Crippen molar-refractivity contribution in [3.63, 3.8) is 0 Å². The van der Waals surface area contributed by atoms with Crippen molar-refractivity contribution in [2.45, 2.75) is 30.3 Å². The third kappa shape index (κ3) is 2.67. The van der Waals surface area contributed by atoms with E-state index in [1.54, 1.807) is 0 Å². The molecule has 3 heteroatoms. The Morgan fingerprint density at radius 3 is 3.00 bits per heavy atom. The van der Waals surface area contributed by atoms with Crippen molar-refractivity contribution in [2.75, 3.05) is 12.3 Å². The minimum absolute atomic E-state index is 0.695. The Morgan fingerprint density at radius 2 is 2.18 bits per heavy atom. The third-order valence-electron chi connectivity index (χ3n) is 3.36. The van der Waals surface area contributed by atoms with Crippen molar-refractivity contribution in [3.8, 4) is 0 Å². The van der Waals surface area contributed by atoms with Crippen LogP contribution in [0.2, 0.25) is 0 Å². The van der Waals surface area contributed by atoms with Gasteiger partial charge in [-0.15, -0.1) is 11.8 Å². The van der Waals surface area contributed by atoms with Crippen molar-refractivity contribution in [1.29, 1.82) is 0 Å². The van der Waals surface area contributed by atoms with Gasteiger partial charge in [0.2, 0.25) is 0 Å². The van der Waals surface area contributed by atoms with E-state index in [-0.39, 0.29) is 0 Å². The Kier molecular flexibility index (Phi) is 3.39. The first-order valence-electron chi connectivity index (χ1n) is 6.36. The summed E-state index contributed by atoms with van der Waals surface area (Å²) in [5.74, 6) is 1.17. The molecule has 1 aromatic heterocycles. The molecule has 0 radical (unpaired) electrons. The topological polar surface area (TPSA) is 27.8 Å². The standard InChI is InChI=1S/C14H18N2S/c1-2-7-13-11(5-1)9-14(16-13)17-10-12-6-3-4-8-15-12/h1-2,5,7,9,12,15-16H,3-4,6,8,10H2. The number of hydrogen-bond donors (Lipinski definition) is 2. The maximum Gasteiger partial charge on any atom is 0.0733 e. The molecule has 0 spiro atoms. The molecule has 0 saturated carbocycles. The minimum atomic E-state index is 0.695. The van der Waals surface area contributed by atoms with Gasteiger partial charge in [0.15, 0.2) is 0 Å². The SMILES string of the molecule is c1ccc2[nH]c(SCC3CCCCN3)cc2c1. The number of piperidine rings is 1. The number of rotatable bonds is 3. The van der Waals surface area contributed by atoms with Crippen molar-refractivity contribution >= 4 is 22.7 Å². The van der Waals surface area contributed by atoms with Crippen molar-refractivity contribution in [3.05, 3.63) is 30.3 Å². The van der Waals surface area contributed by atoms with Crippen LogP contribution in [0.5, 0.6) is 0 Å². The summed E-state index contributed by atoms with van der Waals surface area (Å²) in [6, 6.07) is 11.4. The van der Waals surface area contributed by atoms with Gasteiger partial charge in [0.05, 0.1) is 5.03 Å². The van der Waals surface area contributed by atoms with Crippen LogP contribution in [0.1, 0.15) is 19.3 Å². The fourth-order valence-corrected chi connectivity index (χ4v) is 3.44. The van der Waals surface area contributed by atoms with Crippen LogP contribution >= 0.6 is 11.8 Å². The van der Waals surface area contributed by atoms with Gasteiger partial charge in [0.25, 0.3) is 0 Å². The first-order valence-corrected chi connectivity index (χ1v) is 7.34. The molecule has 17 heavy (non-hydrogen) atoms. The van der Waals surface area contributed by atoms with E-state index in [1.807, 2.05) is 11.8 Å². The van der Waals surface area contributed by atoms with E-state index in [2.05, 4.69) is 40.6 Å². The van der Waals surface area contributed by atoms with Crippen LogP contribution in [-0.2, 0) is 0 Å². The maximum atomic E-state index is 3.59. The van der Waals surface area contributed by atoms with E-state index >= 15 is 0 Å². The highest BCUT2D eigenvalue weighted by atomic mass is 32.2. The average Bonchev–Trinajstić information content (AvgIpc) is 2.80. The van der Waals surface area contributed by atoms with Gasteiger partial charge in [-0.3, -0.25) is 0 Å². The van der Waals surface area contributed by atoms with Crippen LogP contribution in [0.15, 0.2) is 35.4 Å². The molecule has 2 aromatic rings. The van der Waals surface area contributed by atoms with Gasteiger partial charge in [-0.1, -0.05) is 24.6 Å². The summed E-state index contributed by atoms with van der Waals surface area (Å²) in [5.41, 5.74) is 1.24. The van der Waals surface area contributed by atoms with E-state index in [0.29, 0.717) is 6.04 Å². The van der Waals surface area contributed by atoms with Gasteiger partial charge in [-0.05, 0) is 31.5 Å². The monoisotopic (exact) mass is 246 g/mol. The lowest BCUT2D eigenvalue weighted by Crippen LogP contribution is -2.35. The molecule has 1 saturated heterocycles. The summed E-state index contributed by atoms with van der Waals surface area (Å²) >= 11 is 1.93. The predicted molar refractivity (Wildman–Crippen MR) is 74.7 cm³/mol. The van der Waals surface area contributed by atoms with Crippen molar-refractivity contribution in [2.24, 2.45) is 0 Å². The Labute approximate surface area is 106 Å². The molecular weight excluding hydrogens is 228 g/mol. The highest BCUT2D eigenvalue weighted by molar-refractivity contribution is 7.99. The smallest absolute Gasteiger partial charge is 0.0733 e. The van der Waals surface area contributed by atoms with E-state index in [1.165, 1.54) is 47.5 Å². The summed E-state index contributed by atoms with van der Waals surface area (Å²) in [5, 5.41) is 6.19. The summed E-state index contributed by atoms with van der Waals surface area (Å²) in [7, 11) is 0. The molecule has 3 rings (SSSR count). The zero-order valence-electron chi connectivity index (χ0n) is 9.91. The summed E-state index contributed by atoms with van der Waals surface area (Å²) in [6.07, 6.45) is 4.05. The Balaban J connectivity index is 1.64. The van der Waals surface area contributed by atoms with Crippen molar-refractivity contribution < 1.29 is 0 Å². The largest absolute Gasteiger partial charge is 0.350 e. The first-order chi connectivity index (χ1) is 8.42. The van der Waals surface area contributed by atoms with Crippen LogP contribution in [0.4, 0.5) is 0 Å². The van der Waals surface area contributed by atoms with Gasteiger partial charge in [-0.25, -0.2) is 0 Å². The Hall–Kier alpha value is -0.930. The van der Waals surface area contributed by atoms with Crippen molar-refractivity contribution in [1.82, 2.24) is 10.3 Å². The minimum Gasteiger partial charge on any atom is -0.350 e. The molecule has 2 N–H and O–H groups in total. The summed E-state index contributed by atoms with van der Waals surface area (Å²) in [4.78, 5) is 3.47. The van der Waals surface area contributed by atoms with E-state index < -0.39 is 0 Å². The molecular formula is C14H18N2S. The lowest BCUT2D eigenvalue weighted by Gasteiger charge is -2.22. The number of fused-ring (bicyclic) bond motifs is 1. The number of hydrogen-bond acceptors (Lipinski definition) is 2. The summed E-state index contributed by atoms with van der Waals surface area (Å²) in [6.45, 7) is 1.19. The normalized spacial score (nSPS) is 20.8. The number of nitrogens with one attached hydrogen (secondary N) is 2. The lowest BCUT2D eigenvalue weighted by atomic mass is 10.1. The van der Waals surface area contributed by atoms with Gasteiger partial charge in [-0.2, -0.15) is 0 Å². The Bertz CT molecular complexity index is 453. The lowest BCUT2D eigenvalue weighted by molar-refractivity contribution is 0.430.